The minimum Gasteiger partial charge on any atom is -0.339 e. The van der Waals surface area contributed by atoms with E-state index < -0.39 is 0 Å². The highest BCUT2D eigenvalue weighted by atomic mass is 16.2. The molecule has 2 fully saturated rings. The lowest BCUT2D eigenvalue weighted by Gasteiger charge is -2.39. The Morgan fingerprint density at radius 1 is 1.00 bits per heavy atom. The first-order valence-corrected chi connectivity index (χ1v) is 9.76. The molecule has 0 N–H and O–H groups in total. The number of nitrogens with zero attached hydrogens (tertiary/aromatic N) is 2. The number of rotatable bonds is 3. The van der Waals surface area contributed by atoms with E-state index in [0.29, 0.717) is 25.0 Å². The van der Waals surface area contributed by atoms with Crippen LogP contribution < -0.4 is 0 Å². The number of carbonyl (C=O) groups excluding carboxylic acids is 2. The molecule has 0 aliphatic carbocycles. The van der Waals surface area contributed by atoms with Crippen LogP contribution in [-0.2, 0) is 4.79 Å². The third-order valence-corrected chi connectivity index (χ3v) is 5.81. The molecule has 0 radical (unpaired) electrons. The number of carbonyl (C=O) groups is 2. The second-order valence-corrected chi connectivity index (χ2v) is 7.52. The summed E-state index contributed by atoms with van der Waals surface area (Å²) in [4.78, 5) is 29.6. The highest BCUT2D eigenvalue weighted by Crippen LogP contribution is 2.26. The predicted octanol–water partition coefficient (Wildman–Crippen LogP) is 3.64. The van der Waals surface area contributed by atoms with Crippen molar-refractivity contribution in [2.75, 3.05) is 19.6 Å². The second-order valence-electron chi connectivity index (χ2n) is 7.52. The van der Waals surface area contributed by atoms with Crippen LogP contribution in [0, 0.1) is 12.8 Å². The van der Waals surface area contributed by atoms with Gasteiger partial charge in [0.1, 0.15) is 0 Å². The van der Waals surface area contributed by atoms with Gasteiger partial charge in [0.15, 0.2) is 0 Å². The Morgan fingerprint density at radius 3 is 2.32 bits per heavy atom. The van der Waals surface area contributed by atoms with Gasteiger partial charge < -0.3 is 9.80 Å². The Balaban J connectivity index is 1.56. The number of amides is 2. The molecule has 4 nitrogen and oxygen atoms in total. The number of hydrogen-bond acceptors (Lipinski definition) is 2. The summed E-state index contributed by atoms with van der Waals surface area (Å²) in [5.41, 5.74) is 1.91. The molecule has 3 rings (SSSR count). The Bertz CT molecular complexity index is 603. The number of hydrogen-bond donors (Lipinski definition) is 0. The molecule has 0 aromatic heterocycles. The molecular formula is C21H30N2O2. The normalized spacial score (nSPS) is 22.1. The average molecular weight is 342 g/mol. The number of likely N-dealkylation sites (tertiary alicyclic amines) is 2. The van der Waals surface area contributed by atoms with Crippen molar-refractivity contribution in [2.24, 2.45) is 5.92 Å². The predicted molar refractivity (Wildman–Crippen MR) is 99.4 cm³/mol. The van der Waals surface area contributed by atoms with Crippen LogP contribution in [0.15, 0.2) is 24.3 Å². The maximum Gasteiger partial charge on any atom is 0.253 e. The molecule has 1 aromatic rings. The molecule has 4 heteroatoms. The van der Waals surface area contributed by atoms with Crippen LogP contribution in [0.1, 0.15) is 61.4 Å². The summed E-state index contributed by atoms with van der Waals surface area (Å²) >= 11 is 0. The van der Waals surface area contributed by atoms with Gasteiger partial charge in [-0.1, -0.05) is 24.6 Å². The minimum atomic E-state index is 0.0919. The van der Waals surface area contributed by atoms with Gasteiger partial charge >= 0.3 is 0 Å². The van der Waals surface area contributed by atoms with E-state index >= 15 is 0 Å². The first kappa shape index (κ1) is 18.0. The molecule has 2 amide bonds. The highest BCUT2D eigenvalue weighted by molar-refractivity contribution is 5.94. The van der Waals surface area contributed by atoms with Crippen LogP contribution in [0.25, 0.3) is 0 Å². The summed E-state index contributed by atoms with van der Waals surface area (Å²) in [5.74, 6) is 0.513. The van der Waals surface area contributed by atoms with Gasteiger partial charge in [0.05, 0.1) is 0 Å². The van der Waals surface area contributed by atoms with Gasteiger partial charge in [-0.15, -0.1) is 0 Å². The van der Waals surface area contributed by atoms with Gasteiger partial charge in [0.25, 0.3) is 5.91 Å². The Kier molecular flexibility index (Phi) is 5.77. The molecule has 25 heavy (non-hydrogen) atoms. The average Bonchev–Trinajstić information content (AvgIpc) is 2.67. The molecule has 1 aromatic carbocycles. The zero-order chi connectivity index (χ0) is 17.8. The maximum absolute atomic E-state index is 12.9. The van der Waals surface area contributed by atoms with Gasteiger partial charge in [-0.2, -0.15) is 0 Å². The van der Waals surface area contributed by atoms with Crippen molar-refractivity contribution >= 4 is 11.8 Å². The lowest BCUT2D eigenvalue weighted by atomic mass is 9.91. The first-order chi connectivity index (χ1) is 12.1. The van der Waals surface area contributed by atoms with Gasteiger partial charge in [0, 0.05) is 37.2 Å². The number of aryl methyl sites for hydroxylation is 1. The van der Waals surface area contributed by atoms with E-state index in [9.17, 15) is 9.59 Å². The SMILES string of the molecule is CCC1CCCCN1C(=O)C1CCN(C(=O)c2ccc(C)cc2)CC1. The van der Waals surface area contributed by atoms with E-state index in [-0.39, 0.29) is 11.8 Å². The molecule has 0 bridgehead atoms. The van der Waals surface area contributed by atoms with Gasteiger partial charge in [-0.05, 0) is 57.6 Å². The summed E-state index contributed by atoms with van der Waals surface area (Å²) in [6.07, 6.45) is 6.16. The first-order valence-electron chi connectivity index (χ1n) is 9.76. The van der Waals surface area contributed by atoms with E-state index in [1.54, 1.807) is 0 Å². The van der Waals surface area contributed by atoms with E-state index in [4.69, 9.17) is 0 Å². The van der Waals surface area contributed by atoms with E-state index in [2.05, 4.69) is 11.8 Å². The molecule has 0 spiro atoms. The lowest BCUT2D eigenvalue weighted by molar-refractivity contribution is -0.140. The number of piperidine rings is 2. The zero-order valence-corrected chi connectivity index (χ0v) is 15.5. The largest absolute Gasteiger partial charge is 0.339 e. The monoisotopic (exact) mass is 342 g/mol. The van der Waals surface area contributed by atoms with Crippen LogP contribution in [-0.4, -0.2) is 47.3 Å². The number of benzene rings is 1. The molecule has 2 heterocycles. The van der Waals surface area contributed by atoms with Crippen molar-refractivity contribution in [3.05, 3.63) is 35.4 Å². The zero-order valence-electron chi connectivity index (χ0n) is 15.5. The highest BCUT2D eigenvalue weighted by Gasteiger charge is 2.33. The Morgan fingerprint density at radius 2 is 1.68 bits per heavy atom. The van der Waals surface area contributed by atoms with E-state index in [1.807, 2.05) is 36.1 Å². The fraction of sp³-hybridized carbons (Fsp3) is 0.619. The van der Waals surface area contributed by atoms with Gasteiger partial charge in [0.2, 0.25) is 5.91 Å². The van der Waals surface area contributed by atoms with Crippen molar-refractivity contribution in [3.8, 4) is 0 Å². The standard InChI is InChI=1S/C21H30N2O2/c1-3-19-6-4-5-13-23(19)21(25)18-11-14-22(15-12-18)20(24)17-9-7-16(2)8-10-17/h7-10,18-19H,3-6,11-15H2,1-2H3. The molecule has 2 aliphatic rings. The molecule has 0 saturated carbocycles. The Hall–Kier alpha value is -1.84. The van der Waals surface area contributed by atoms with Crippen LogP contribution in [0.3, 0.4) is 0 Å². The summed E-state index contributed by atoms with van der Waals surface area (Å²) in [5, 5.41) is 0. The summed E-state index contributed by atoms with van der Waals surface area (Å²) < 4.78 is 0. The topological polar surface area (TPSA) is 40.6 Å². The van der Waals surface area contributed by atoms with Crippen molar-refractivity contribution in [1.29, 1.82) is 0 Å². The van der Waals surface area contributed by atoms with Crippen LogP contribution >= 0.6 is 0 Å². The molecule has 2 aliphatic heterocycles. The molecule has 1 unspecified atom stereocenters. The maximum atomic E-state index is 12.9. The molecule has 136 valence electrons. The fourth-order valence-electron chi connectivity index (χ4n) is 4.16. The van der Waals surface area contributed by atoms with Crippen LogP contribution in [0.5, 0.6) is 0 Å². The van der Waals surface area contributed by atoms with E-state index in [0.717, 1.165) is 49.8 Å². The van der Waals surface area contributed by atoms with Crippen molar-refractivity contribution < 1.29 is 9.59 Å². The summed E-state index contributed by atoms with van der Waals surface area (Å²) in [6, 6.07) is 8.17. The molecule has 2 saturated heterocycles. The van der Waals surface area contributed by atoms with Crippen LogP contribution in [0.2, 0.25) is 0 Å². The van der Waals surface area contributed by atoms with E-state index in [1.165, 1.54) is 6.42 Å². The second kappa shape index (κ2) is 8.03. The molecule has 1 atom stereocenters. The lowest BCUT2D eigenvalue weighted by Crippen LogP contribution is -2.49. The fourth-order valence-corrected chi connectivity index (χ4v) is 4.16. The third-order valence-electron chi connectivity index (χ3n) is 5.81. The smallest absolute Gasteiger partial charge is 0.253 e. The quantitative estimate of drug-likeness (QED) is 0.841. The van der Waals surface area contributed by atoms with Crippen molar-refractivity contribution in [1.82, 2.24) is 9.80 Å². The third kappa shape index (κ3) is 4.05. The van der Waals surface area contributed by atoms with Crippen LogP contribution in [0.4, 0.5) is 0 Å². The molecular weight excluding hydrogens is 312 g/mol. The van der Waals surface area contributed by atoms with Crippen molar-refractivity contribution in [2.45, 2.75) is 58.4 Å². The van der Waals surface area contributed by atoms with Crippen molar-refractivity contribution in [3.63, 3.8) is 0 Å². The summed E-state index contributed by atoms with van der Waals surface area (Å²) in [6.45, 7) is 6.50. The Labute approximate surface area is 151 Å². The van der Waals surface area contributed by atoms with Gasteiger partial charge in [-0.3, -0.25) is 9.59 Å². The minimum absolute atomic E-state index is 0.0919. The van der Waals surface area contributed by atoms with Gasteiger partial charge in [-0.25, -0.2) is 0 Å². The summed E-state index contributed by atoms with van der Waals surface area (Å²) in [7, 11) is 0.